The lowest BCUT2D eigenvalue weighted by Gasteiger charge is -2.47. The second-order valence-corrected chi connectivity index (χ2v) is 27.6. The molecule has 1 saturated carbocycles. The molecule has 10 amide bonds. The zero-order valence-corrected chi connectivity index (χ0v) is 60.9. The Morgan fingerprint density at radius 3 is 1.86 bits per heavy atom. The molecule has 33 heteroatoms. The van der Waals surface area contributed by atoms with Crippen molar-refractivity contribution < 1.29 is 103 Å². The number of halogens is 8. The largest absolute Gasteiger partial charge is 0.480 e. The summed E-state index contributed by atoms with van der Waals surface area (Å²) in [7, 11) is 7.46. The number of carboxylic acid groups (broad SMARTS) is 1. The molecule has 25 nitrogen and oxygen atoms in total. The van der Waals surface area contributed by atoms with Crippen molar-refractivity contribution in [2.24, 2.45) is 11.8 Å². The molecular formula is C71H99F8N11O14. The number of ether oxygens (including phenoxy) is 1. The van der Waals surface area contributed by atoms with Gasteiger partial charge >= 0.3 is 18.3 Å². The van der Waals surface area contributed by atoms with Crippen molar-refractivity contribution in [1.82, 2.24) is 55.1 Å². The van der Waals surface area contributed by atoms with E-state index >= 15 is 32.8 Å². The maximum absolute atomic E-state index is 15.4. The number of alkyl halides is 6. The minimum absolute atomic E-state index is 0.00764. The molecule has 3 heterocycles. The number of carbonyl (C=O) groups excluding carboxylic acids is 10. The third-order valence-corrected chi connectivity index (χ3v) is 20.8. The van der Waals surface area contributed by atoms with Crippen LogP contribution >= 0.6 is 0 Å². The minimum atomic E-state index is -5.46. The predicted molar refractivity (Wildman–Crippen MR) is 361 cm³/mol. The normalized spacial score (nSPS) is 27.1. The van der Waals surface area contributed by atoms with Crippen LogP contribution in [0.2, 0.25) is 0 Å². The molecule has 6 rings (SSSR count). The highest BCUT2D eigenvalue weighted by atomic mass is 19.4. The van der Waals surface area contributed by atoms with Crippen LogP contribution in [0.4, 0.5) is 35.1 Å². The van der Waals surface area contributed by atoms with Crippen LogP contribution in [0, 0.1) is 23.5 Å². The Labute approximate surface area is 600 Å². The smallest absolute Gasteiger partial charge is 0.422 e. The summed E-state index contributed by atoms with van der Waals surface area (Å²) in [4.78, 5) is 170. The summed E-state index contributed by atoms with van der Waals surface area (Å²) in [5.74, 6) is -15.9. The lowest BCUT2D eigenvalue weighted by molar-refractivity contribution is -0.159. The average molecular weight is 1480 g/mol. The molecule has 104 heavy (non-hydrogen) atoms. The number of fused-ring (bicyclic) bond motifs is 3. The summed E-state index contributed by atoms with van der Waals surface area (Å²) >= 11 is 0. The van der Waals surface area contributed by atoms with Crippen LogP contribution in [0.25, 0.3) is 0 Å². The van der Waals surface area contributed by atoms with E-state index < -0.39 is 223 Å². The molecule has 12 atom stereocenters. The highest BCUT2D eigenvalue weighted by Crippen LogP contribution is 2.38. The zero-order chi connectivity index (χ0) is 77.8. The van der Waals surface area contributed by atoms with E-state index in [2.05, 4.69) is 16.0 Å². The van der Waals surface area contributed by atoms with Gasteiger partial charge in [-0.1, -0.05) is 78.2 Å². The van der Waals surface area contributed by atoms with Crippen LogP contribution in [-0.4, -0.2) is 256 Å². The zero-order valence-electron chi connectivity index (χ0n) is 60.9. The molecule has 2 saturated heterocycles. The van der Waals surface area contributed by atoms with Gasteiger partial charge in [0.15, 0.2) is 0 Å². The number of carboxylic acids is 1. The Balaban J connectivity index is 1.49. The van der Waals surface area contributed by atoms with Gasteiger partial charge in [0.25, 0.3) is 0 Å². The molecule has 0 aromatic heterocycles. The number of nitrogens with one attached hydrogen (secondary N) is 3. The first kappa shape index (κ1) is 84.6. The average Bonchev–Trinajstić information content (AvgIpc) is 1.16. The van der Waals surface area contributed by atoms with E-state index in [1.54, 1.807) is 53.7 Å². The van der Waals surface area contributed by atoms with Gasteiger partial charge in [-0.2, -0.15) is 26.3 Å². The van der Waals surface area contributed by atoms with Gasteiger partial charge in [-0.3, -0.25) is 52.8 Å². The number of hydrogen-bond acceptors (Lipinski definition) is 14. The lowest BCUT2D eigenvalue weighted by Crippen LogP contribution is -2.68. The highest BCUT2D eigenvalue weighted by molar-refractivity contribution is 6.00. The molecule has 1 aliphatic carbocycles. The van der Waals surface area contributed by atoms with E-state index in [9.17, 15) is 65.3 Å². The van der Waals surface area contributed by atoms with E-state index in [0.717, 1.165) is 72.7 Å². The molecule has 3 aliphatic heterocycles. The summed E-state index contributed by atoms with van der Waals surface area (Å²) < 4.78 is 119. The monoisotopic (exact) mass is 1480 g/mol. The van der Waals surface area contributed by atoms with Gasteiger partial charge < -0.3 is 65.2 Å². The molecule has 1 spiro atoms. The number of hydrogen-bond donors (Lipinski definition) is 5. The second-order valence-electron chi connectivity index (χ2n) is 27.6. The van der Waals surface area contributed by atoms with Crippen LogP contribution in [0.3, 0.4) is 0 Å². The third kappa shape index (κ3) is 20.0. The highest BCUT2D eigenvalue weighted by Gasteiger charge is 2.53. The molecule has 0 radical (unpaired) electrons. The van der Waals surface area contributed by atoms with E-state index in [1.807, 2.05) is 0 Å². The fraction of sp³-hybridized carbons (Fsp3) is 0.648. The quantitative estimate of drug-likeness (QED) is 0.121. The van der Waals surface area contributed by atoms with E-state index in [0.29, 0.717) is 25.0 Å². The van der Waals surface area contributed by atoms with E-state index in [-0.39, 0.29) is 76.6 Å². The summed E-state index contributed by atoms with van der Waals surface area (Å²) in [6.07, 6.45) is -11.2. The fourth-order valence-electron chi connectivity index (χ4n) is 14.1. The number of amides is 10. The maximum Gasteiger partial charge on any atom is 0.422 e. The van der Waals surface area contributed by atoms with Crippen molar-refractivity contribution in [2.45, 2.75) is 210 Å². The molecule has 3 fully saturated rings. The Hall–Kier alpha value is -8.33. The lowest BCUT2D eigenvalue weighted by atomic mass is 9.74. The molecule has 2 unspecified atom stereocenters. The van der Waals surface area contributed by atoms with Crippen molar-refractivity contribution in [2.75, 3.05) is 75.1 Å². The Kier molecular flexibility index (Phi) is 29.4. The second kappa shape index (κ2) is 36.1. The van der Waals surface area contributed by atoms with Crippen molar-refractivity contribution >= 4 is 65.0 Å². The summed E-state index contributed by atoms with van der Waals surface area (Å²) in [6.45, 7) is 7.98. The van der Waals surface area contributed by atoms with Crippen LogP contribution < -0.4 is 16.0 Å². The number of rotatable bonds is 14. The van der Waals surface area contributed by atoms with Gasteiger partial charge in [-0.15, -0.1) is 0 Å². The first-order valence-corrected chi connectivity index (χ1v) is 35.1. The Bertz CT molecular complexity index is 3440. The number of benzene rings is 2. The van der Waals surface area contributed by atoms with Gasteiger partial charge in [0.1, 0.15) is 65.2 Å². The standard InChI is InChI=1S/C71H99F8N11O14/c1-13-40(6)58-65(99)84(8)39-56(93)86(10)50-22-19-18-20-31-89(64(50)98)52(34-41-23-26-44(27-24-41)70(74,75)76)63(97)83(7)38-54(91)80-48(28-25-42-32-46(72)57(47(73)33-42)71(77,78)79)62(96)90-37-45(104-17-5)35-51(90)61(95)82-69(29-21-30-69)68(103)88(12)59(43(14-2)15-3)66(100)87(11)53(67(101)102)36-55(92)85(9)49(16-4)60(94)81-58/h18-19,23-24,26-27,32-33,40,43,45,48-53,58-59,64,98H,13-17,20-22,25,28-31,34-39H2,1-12H3,(H,80,91)(H,81,94)(H,82,95)(H,101,102)/b19-18-/t40-,45+,48-,49-,50-,51-,52-,53-,58-,59-,64?/m0/s1. The molecule has 4 aliphatic rings. The predicted octanol–water partition coefficient (Wildman–Crippen LogP) is 5.14. The Morgan fingerprint density at radius 2 is 1.32 bits per heavy atom. The molecule has 578 valence electrons. The van der Waals surface area contributed by atoms with E-state index in [4.69, 9.17) is 4.74 Å². The van der Waals surface area contributed by atoms with Crippen molar-refractivity contribution in [3.05, 3.63) is 82.4 Å². The van der Waals surface area contributed by atoms with Crippen LogP contribution in [0.1, 0.15) is 141 Å². The molecule has 2 aromatic carbocycles. The number of likely N-dealkylation sites (N-methyl/N-ethyl adjacent to an activating group) is 6. The number of nitrogens with zero attached hydrogens (tertiary/aromatic N) is 8. The van der Waals surface area contributed by atoms with Gasteiger partial charge in [-0.05, 0) is 112 Å². The van der Waals surface area contributed by atoms with Crippen molar-refractivity contribution in [3.63, 3.8) is 0 Å². The van der Waals surface area contributed by atoms with Crippen molar-refractivity contribution in [1.29, 1.82) is 0 Å². The Morgan fingerprint density at radius 1 is 0.702 bits per heavy atom. The summed E-state index contributed by atoms with van der Waals surface area (Å²) in [6, 6.07) is -7.59. The van der Waals surface area contributed by atoms with Gasteiger partial charge in [0.05, 0.1) is 43.3 Å². The van der Waals surface area contributed by atoms with Gasteiger partial charge in [0.2, 0.25) is 59.1 Å². The topological polar surface area (TPSA) is 299 Å². The fourth-order valence-corrected chi connectivity index (χ4v) is 14.1. The SMILES string of the molecule is CCO[C@@H]1C[C@H]2C(=O)NC3(CCC3)C(=O)N(C)[C@@H](C(CC)CC)C(=O)N(C)[C@H](C(=O)O)CC(=O)N(C)[C@@H](CC)C(=O)N[C@@H]([C@@H](C)CC)C(=O)N(C)CC(=O)N(C)[C@H]3C/C=C\CCN(C3O)[C@@H](Cc3ccc(C(F)(F)F)cc3)C(=O)N(C)CC(=O)N[C@@H](CCc3cc(F)c(C(F)(F)F)c(F)c3)C(=O)N2C1. The number of aliphatic hydroxyl groups excluding tert-OH is 1. The molecule has 5 N–H and O–H groups in total. The molecule has 2 aromatic rings. The third-order valence-electron chi connectivity index (χ3n) is 20.8. The first-order valence-electron chi connectivity index (χ1n) is 35.1. The summed E-state index contributed by atoms with van der Waals surface area (Å²) in [5, 5.41) is 31.4. The van der Waals surface area contributed by atoms with Gasteiger partial charge in [0, 0.05) is 68.4 Å². The molecular weight excluding hydrogens is 1380 g/mol. The van der Waals surface area contributed by atoms with Crippen molar-refractivity contribution in [3.8, 4) is 0 Å². The number of aliphatic hydroxyl groups is 1. The minimum Gasteiger partial charge on any atom is -0.480 e. The van der Waals surface area contributed by atoms with Crippen LogP contribution in [-0.2, 0) is 82.7 Å². The van der Waals surface area contributed by atoms with Gasteiger partial charge in [-0.25, -0.2) is 13.6 Å². The maximum atomic E-state index is 15.4. The van der Waals surface area contributed by atoms with Crippen LogP contribution in [0.15, 0.2) is 48.6 Å². The first-order chi connectivity index (χ1) is 48.7. The summed E-state index contributed by atoms with van der Waals surface area (Å²) in [5.41, 5.74) is -5.27. The number of carbonyl (C=O) groups is 11. The van der Waals surface area contributed by atoms with Crippen LogP contribution in [0.5, 0.6) is 0 Å². The number of aryl methyl sites for hydroxylation is 1. The number of aliphatic carboxylic acids is 1. The van der Waals surface area contributed by atoms with E-state index in [1.165, 1.54) is 33.1 Å². The molecule has 2 bridgehead atoms.